The monoisotopic (exact) mass is 318 g/mol. The summed E-state index contributed by atoms with van der Waals surface area (Å²) in [5.41, 5.74) is 7.24. The molecule has 2 rings (SSSR count). The van der Waals surface area contributed by atoms with E-state index in [0.29, 0.717) is 19.1 Å². The molecule has 0 amide bonds. The molecule has 0 spiro atoms. The second-order valence-electron chi connectivity index (χ2n) is 6.60. The van der Waals surface area contributed by atoms with Crippen molar-refractivity contribution in [3.63, 3.8) is 0 Å². The van der Waals surface area contributed by atoms with Crippen LogP contribution in [0.5, 0.6) is 5.75 Å². The topological polar surface area (TPSA) is 54.1 Å². The van der Waals surface area contributed by atoms with Gasteiger partial charge in [-0.15, -0.1) is 0 Å². The summed E-state index contributed by atoms with van der Waals surface area (Å²) in [4.78, 5) is 8.87. The molecule has 0 aliphatic carbocycles. The summed E-state index contributed by atoms with van der Waals surface area (Å²) < 4.78 is 5.87. The number of guanidine groups is 1. The Morgan fingerprint density at radius 2 is 2.00 bits per heavy atom. The lowest BCUT2D eigenvalue weighted by atomic mass is 10.00. The minimum Gasteiger partial charge on any atom is -0.492 e. The van der Waals surface area contributed by atoms with E-state index in [1.54, 1.807) is 0 Å². The predicted octanol–water partition coefficient (Wildman–Crippen LogP) is 2.17. The average Bonchev–Trinajstić information content (AvgIpc) is 2.54. The normalized spacial score (nSPS) is 16.9. The smallest absolute Gasteiger partial charge is 0.191 e. The number of hydrogen-bond acceptors (Lipinski definition) is 3. The van der Waals surface area contributed by atoms with E-state index in [1.165, 1.54) is 12.8 Å². The molecular formula is C18H30N4O. The molecule has 1 heterocycles. The Labute approximate surface area is 140 Å². The number of aliphatic imine (C=N–C) groups is 1. The number of ether oxygens (including phenoxy) is 1. The number of piperidine rings is 1. The Morgan fingerprint density at radius 1 is 1.30 bits per heavy atom. The predicted molar refractivity (Wildman–Crippen MR) is 95.8 cm³/mol. The third-order valence-electron chi connectivity index (χ3n) is 4.29. The van der Waals surface area contributed by atoms with Crippen molar-refractivity contribution >= 4 is 5.96 Å². The van der Waals surface area contributed by atoms with Gasteiger partial charge in [0.1, 0.15) is 12.4 Å². The van der Waals surface area contributed by atoms with Gasteiger partial charge in [0.25, 0.3) is 0 Å². The summed E-state index contributed by atoms with van der Waals surface area (Å²) in [6.07, 6.45) is 2.39. The van der Waals surface area contributed by atoms with Crippen LogP contribution in [-0.4, -0.2) is 56.1 Å². The van der Waals surface area contributed by atoms with Crippen LogP contribution in [0.1, 0.15) is 25.3 Å². The molecule has 1 aromatic rings. The van der Waals surface area contributed by atoms with Crippen molar-refractivity contribution in [2.75, 3.05) is 40.3 Å². The van der Waals surface area contributed by atoms with Gasteiger partial charge in [0.2, 0.25) is 0 Å². The van der Waals surface area contributed by atoms with Crippen molar-refractivity contribution in [1.82, 2.24) is 9.80 Å². The molecule has 1 aliphatic heterocycles. The van der Waals surface area contributed by atoms with E-state index in [0.717, 1.165) is 36.9 Å². The van der Waals surface area contributed by atoms with E-state index in [9.17, 15) is 0 Å². The Kier molecular flexibility index (Phi) is 6.71. The first-order chi connectivity index (χ1) is 11.1. The lowest BCUT2D eigenvalue weighted by Crippen LogP contribution is -2.42. The molecular weight excluding hydrogens is 288 g/mol. The first-order valence-electron chi connectivity index (χ1n) is 8.46. The quantitative estimate of drug-likeness (QED) is 0.645. The molecule has 0 saturated carbocycles. The lowest BCUT2D eigenvalue weighted by molar-refractivity contribution is 0.259. The van der Waals surface area contributed by atoms with Crippen molar-refractivity contribution in [3.8, 4) is 5.75 Å². The Hall–Kier alpha value is -1.75. The van der Waals surface area contributed by atoms with Crippen LogP contribution in [-0.2, 0) is 6.54 Å². The molecule has 0 radical (unpaired) electrons. The van der Waals surface area contributed by atoms with Gasteiger partial charge in [0, 0.05) is 25.2 Å². The lowest BCUT2D eigenvalue weighted by Gasteiger charge is -2.31. The van der Waals surface area contributed by atoms with Gasteiger partial charge in [-0.25, -0.2) is 4.99 Å². The number of para-hydroxylation sites is 1. The zero-order valence-electron chi connectivity index (χ0n) is 14.7. The molecule has 23 heavy (non-hydrogen) atoms. The maximum absolute atomic E-state index is 6.16. The molecule has 5 nitrogen and oxygen atoms in total. The Bertz CT molecular complexity index is 507. The standard InChI is InChI=1S/C18H30N4O/c1-15-8-10-22(11-9-15)18(19)20-14-16-6-4-5-7-17(16)23-13-12-21(2)3/h4-7,15H,8-14H2,1-3H3,(H2,19,20). The number of hydrogen-bond donors (Lipinski definition) is 1. The van der Waals surface area contributed by atoms with Gasteiger partial charge in [-0.05, 0) is 38.9 Å². The highest BCUT2D eigenvalue weighted by Crippen LogP contribution is 2.20. The summed E-state index contributed by atoms with van der Waals surface area (Å²) in [5.74, 6) is 2.35. The minimum atomic E-state index is 0.566. The fourth-order valence-corrected chi connectivity index (χ4v) is 2.62. The van der Waals surface area contributed by atoms with Gasteiger partial charge >= 0.3 is 0 Å². The molecule has 1 saturated heterocycles. The largest absolute Gasteiger partial charge is 0.492 e. The van der Waals surface area contributed by atoms with Crippen LogP contribution in [0.15, 0.2) is 29.3 Å². The zero-order valence-corrected chi connectivity index (χ0v) is 14.7. The van der Waals surface area contributed by atoms with E-state index in [4.69, 9.17) is 10.5 Å². The van der Waals surface area contributed by atoms with Crippen LogP contribution in [0.3, 0.4) is 0 Å². The molecule has 128 valence electrons. The van der Waals surface area contributed by atoms with Crippen LogP contribution < -0.4 is 10.5 Å². The van der Waals surface area contributed by atoms with E-state index in [-0.39, 0.29) is 0 Å². The van der Waals surface area contributed by atoms with Crippen molar-refractivity contribution < 1.29 is 4.74 Å². The third-order valence-corrected chi connectivity index (χ3v) is 4.29. The summed E-state index contributed by atoms with van der Waals surface area (Å²) in [7, 11) is 4.08. The van der Waals surface area contributed by atoms with Crippen molar-refractivity contribution in [3.05, 3.63) is 29.8 Å². The highest BCUT2D eigenvalue weighted by Gasteiger charge is 2.17. The molecule has 0 bridgehead atoms. The first kappa shape index (κ1) is 17.6. The summed E-state index contributed by atoms with van der Waals surface area (Å²) in [6, 6.07) is 8.06. The highest BCUT2D eigenvalue weighted by molar-refractivity contribution is 5.78. The maximum atomic E-state index is 6.16. The SMILES string of the molecule is CC1CCN(C(N)=NCc2ccccc2OCCN(C)C)CC1. The second kappa shape index (κ2) is 8.77. The van der Waals surface area contributed by atoms with E-state index < -0.39 is 0 Å². The number of likely N-dealkylation sites (tertiary alicyclic amines) is 1. The highest BCUT2D eigenvalue weighted by atomic mass is 16.5. The van der Waals surface area contributed by atoms with Crippen LogP contribution in [0.2, 0.25) is 0 Å². The molecule has 5 heteroatoms. The molecule has 2 N–H and O–H groups in total. The number of nitrogens with zero attached hydrogens (tertiary/aromatic N) is 3. The van der Waals surface area contributed by atoms with Gasteiger partial charge in [0.15, 0.2) is 5.96 Å². The average molecular weight is 318 g/mol. The Balaban J connectivity index is 1.92. The summed E-state index contributed by atoms with van der Waals surface area (Å²) >= 11 is 0. The van der Waals surface area contributed by atoms with Gasteiger partial charge in [-0.3, -0.25) is 0 Å². The van der Waals surface area contributed by atoms with Gasteiger partial charge < -0.3 is 20.3 Å². The number of benzene rings is 1. The van der Waals surface area contributed by atoms with Crippen LogP contribution >= 0.6 is 0 Å². The van der Waals surface area contributed by atoms with Crippen molar-refractivity contribution in [2.24, 2.45) is 16.6 Å². The molecule has 1 aromatic carbocycles. The van der Waals surface area contributed by atoms with Crippen molar-refractivity contribution in [1.29, 1.82) is 0 Å². The number of likely N-dealkylation sites (N-methyl/N-ethyl adjacent to an activating group) is 1. The summed E-state index contributed by atoms with van der Waals surface area (Å²) in [5, 5.41) is 0. The van der Waals surface area contributed by atoms with Gasteiger partial charge in [-0.1, -0.05) is 25.1 Å². The summed E-state index contributed by atoms with van der Waals surface area (Å²) in [6.45, 7) is 6.45. The molecule has 0 aromatic heterocycles. The maximum Gasteiger partial charge on any atom is 0.191 e. The first-order valence-corrected chi connectivity index (χ1v) is 8.46. The molecule has 0 atom stereocenters. The molecule has 0 unspecified atom stereocenters. The van der Waals surface area contributed by atoms with E-state index in [2.05, 4.69) is 27.8 Å². The number of rotatable bonds is 6. The van der Waals surface area contributed by atoms with Gasteiger partial charge in [0.05, 0.1) is 6.54 Å². The van der Waals surface area contributed by atoms with Gasteiger partial charge in [-0.2, -0.15) is 0 Å². The zero-order chi connectivity index (χ0) is 16.7. The third kappa shape index (κ3) is 5.75. The fourth-order valence-electron chi connectivity index (χ4n) is 2.62. The van der Waals surface area contributed by atoms with E-state index >= 15 is 0 Å². The van der Waals surface area contributed by atoms with E-state index in [1.807, 2.05) is 32.3 Å². The van der Waals surface area contributed by atoms with Crippen molar-refractivity contribution in [2.45, 2.75) is 26.3 Å². The minimum absolute atomic E-state index is 0.566. The molecule has 1 fully saturated rings. The molecule has 1 aliphatic rings. The van der Waals surface area contributed by atoms with Crippen LogP contribution in [0.4, 0.5) is 0 Å². The Morgan fingerprint density at radius 3 is 2.70 bits per heavy atom. The number of nitrogens with two attached hydrogens (primary N) is 1. The van der Waals surface area contributed by atoms with Crippen LogP contribution in [0.25, 0.3) is 0 Å². The van der Waals surface area contributed by atoms with Crippen LogP contribution in [0, 0.1) is 5.92 Å². The fraction of sp³-hybridized carbons (Fsp3) is 0.611. The second-order valence-corrected chi connectivity index (χ2v) is 6.60.